The molecule has 1 aliphatic rings. The molecule has 0 spiro atoms. The topological polar surface area (TPSA) is 123 Å². The van der Waals surface area contributed by atoms with Gasteiger partial charge in [0.2, 0.25) is 5.90 Å². The van der Waals surface area contributed by atoms with Gasteiger partial charge in [0.1, 0.15) is 35.7 Å². The number of nitrogens with one attached hydrogen (secondary N) is 1. The van der Waals surface area contributed by atoms with Crippen molar-refractivity contribution in [2.75, 3.05) is 26.0 Å². The number of aromatic nitrogens is 2. The monoisotopic (exact) mass is 457 g/mol. The van der Waals surface area contributed by atoms with Gasteiger partial charge in [-0.15, -0.1) is 0 Å². The highest BCUT2D eigenvalue weighted by Gasteiger charge is 2.15. The Balaban J connectivity index is 1.65. The lowest BCUT2D eigenvalue weighted by Crippen LogP contribution is -2.16. The number of aliphatic hydroxyl groups is 1. The lowest BCUT2D eigenvalue weighted by atomic mass is 10.1. The van der Waals surface area contributed by atoms with Gasteiger partial charge in [-0.2, -0.15) is 0 Å². The molecule has 0 saturated heterocycles. The average molecular weight is 458 g/mol. The Morgan fingerprint density at radius 3 is 2.56 bits per heavy atom. The van der Waals surface area contributed by atoms with Crippen LogP contribution in [0.15, 0.2) is 58.7 Å². The van der Waals surface area contributed by atoms with Gasteiger partial charge in [0.05, 0.1) is 19.3 Å². The molecule has 0 amide bonds. The fourth-order valence-corrected chi connectivity index (χ4v) is 3.65. The zero-order chi connectivity index (χ0) is 22.7. The lowest BCUT2D eigenvalue weighted by Gasteiger charge is -2.15. The van der Waals surface area contributed by atoms with Gasteiger partial charge in [-0.1, -0.05) is 0 Å². The van der Waals surface area contributed by atoms with Crippen molar-refractivity contribution >= 4 is 15.7 Å². The van der Waals surface area contributed by atoms with E-state index in [2.05, 4.69) is 15.0 Å². The fourth-order valence-electron chi connectivity index (χ4n) is 3.09. The number of hydrogen-bond acceptors (Lipinski definition) is 8. The van der Waals surface area contributed by atoms with Crippen LogP contribution in [0, 0.1) is 0 Å². The molecule has 0 aliphatic carbocycles. The van der Waals surface area contributed by atoms with Gasteiger partial charge in [-0.3, -0.25) is 0 Å². The molecule has 2 aromatic heterocycles. The van der Waals surface area contributed by atoms with E-state index in [0.717, 1.165) is 23.2 Å². The molecule has 0 bridgehead atoms. The Hall–Kier alpha value is -3.37. The number of aromatic amines is 1. The van der Waals surface area contributed by atoms with E-state index in [1.54, 1.807) is 13.0 Å². The number of pyridine rings is 1. The molecule has 3 heterocycles. The summed E-state index contributed by atoms with van der Waals surface area (Å²) in [5.74, 6) is 1.91. The number of sulfone groups is 1. The molecule has 32 heavy (non-hydrogen) atoms. The highest BCUT2D eigenvalue weighted by atomic mass is 32.2. The Morgan fingerprint density at radius 1 is 1.12 bits per heavy atom. The average Bonchev–Trinajstić information content (AvgIpc) is 3.45. The smallest absolute Gasteiger partial charge is 0.233 e. The Bertz CT molecular complexity index is 1230. The molecule has 0 radical (unpaired) electrons. The second-order valence-corrected chi connectivity index (χ2v) is 9.29. The van der Waals surface area contributed by atoms with Crippen molar-refractivity contribution < 1.29 is 27.7 Å². The van der Waals surface area contributed by atoms with Crippen LogP contribution in [0.25, 0.3) is 11.3 Å². The lowest BCUT2D eigenvalue weighted by molar-refractivity contribution is 0.129. The van der Waals surface area contributed by atoms with E-state index in [0.29, 0.717) is 36.3 Å². The minimum atomic E-state index is -3.40. The Morgan fingerprint density at radius 2 is 1.91 bits per heavy atom. The first kappa shape index (κ1) is 21.8. The molecule has 1 aliphatic heterocycles. The molecule has 9 nitrogen and oxygen atoms in total. The summed E-state index contributed by atoms with van der Waals surface area (Å²) in [7, 11) is -3.40. The molecule has 0 saturated carbocycles. The van der Waals surface area contributed by atoms with E-state index in [9.17, 15) is 13.5 Å². The highest BCUT2D eigenvalue weighted by molar-refractivity contribution is 7.90. The normalized spacial score (nSPS) is 14.5. The molecule has 4 rings (SSSR count). The van der Waals surface area contributed by atoms with Gasteiger partial charge in [0, 0.05) is 23.6 Å². The maximum absolute atomic E-state index is 11.6. The molecule has 1 aromatic carbocycles. The summed E-state index contributed by atoms with van der Waals surface area (Å²) in [5, 5.41) is 9.32. The first-order valence-electron chi connectivity index (χ1n) is 9.95. The zero-order valence-electron chi connectivity index (χ0n) is 17.6. The van der Waals surface area contributed by atoms with Crippen LogP contribution >= 0.6 is 0 Å². The van der Waals surface area contributed by atoms with Gasteiger partial charge in [0.15, 0.2) is 14.9 Å². The van der Waals surface area contributed by atoms with Crippen molar-refractivity contribution in [3.63, 3.8) is 0 Å². The minimum Gasteiger partial charge on any atom is -0.488 e. The molecular weight excluding hydrogens is 434 g/mol. The van der Waals surface area contributed by atoms with E-state index < -0.39 is 15.9 Å². The zero-order valence-corrected chi connectivity index (χ0v) is 18.4. The first-order valence-corrected chi connectivity index (χ1v) is 11.8. The van der Waals surface area contributed by atoms with Crippen LogP contribution < -0.4 is 9.47 Å². The summed E-state index contributed by atoms with van der Waals surface area (Å²) in [6.07, 6.45) is 2.04. The van der Waals surface area contributed by atoms with Crippen LogP contribution in [0.2, 0.25) is 0 Å². The van der Waals surface area contributed by atoms with E-state index in [1.165, 1.54) is 18.3 Å². The SMILES string of the molecule is C[C@@H](CO)Oc1cc(Oc2ccc(S(C)(=O)=O)nc2)cc(-c2ccc(C3=NCCO3)[nH]2)c1. The van der Waals surface area contributed by atoms with Gasteiger partial charge in [0.25, 0.3) is 0 Å². The molecular formula is C22H23N3O6S. The maximum Gasteiger partial charge on any atom is 0.233 e. The van der Waals surface area contributed by atoms with Crippen LogP contribution in [0.5, 0.6) is 17.2 Å². The van der Waals surface area contributed by atoms with E-state index in [1.807, 2.05) is 24.3 Å². The number of H-pyrrole nitrogens is 1. The Kier molecular flexibility index (Phi) is 6.15. The number of hydrogen-bond donors (Lipinski definition) is 2. The fraction of sp³-hybridized carbons (Fsp3) is 0.273. The minimum absolute atomic E-state index is 0.0321. The molecule has 0 fully saturated rings. The second kappa shape index (κ2) is 9.01. The van der Waals surface area contributed by atoms with Crippen molar-refractivity contribution in [2.24, 2.45) is 4.99 Å². The van der Waals surface area contributed by atoms with Crippen molar-refractivity contribution in [1.29, 1.82) is 0 Å². The maximum atomic E-state index is 11.6. The van der Waals surface area contributed by atoms with Gasteiger partial charge in [-0.25, -0.2) is 18.4 Å². The quantitative estimate of drug-likeness (QED) is 0.533. The van der Waals surface area contributed by atoms with Gasteiger partial charge < -0.3 is 24.3 Å². The second-order valence-electron chi connectivity index (χ2n) is 7.33. The van der Waals surface area contributed by atoms with Crippen LogP contribution in [-0.2, 0) is 14.6 Å². The summed E-state index contributed by atoms with van der Waals surface area (Å²) in [6, 6.07) is 12.0. The summed E-state index contributed by atoms with van der Waals surface area (Å²) < 4.78 is 40.4. The van der Waals surface area contributed by atoms with Crippen LogP contribution in [-0.4, -0.2) is 61.5 Å². The molecule has 168 valence electrons. The Labute approximate surface area is 185 Å². The molecule has 10 heteroatoms. The number of aliphatic imine (C=N–C) groups is 1. The number of rotatable bonds is 8. The third kappa shape index (κ3) is 5.09. The van der Waals surface area contributed by atoms with Gasteiger partial charge >= 0.3 is 0 Å². The summed E-state index contributed by atoms with van der Waals surface area (Å²) in [6.45, 7) is 2.82. The van der Waals surface area contributed by atoms with Crippen LogP contribution in [0.4, 0.5) is 0 Å². The van der Waals surface area contributed by atoms with E-state index in [4.69, 9.17) is 14.2 Å². The predicted octanol–water partition coefficient (Wildman–Crippen LogP) is 2.81. The van der Waals surface area contributed by atoms with E-state index in [-0.39, 0.29) is 11.6 Å². The molecule has 3 aromatic rings. The molecule has 0 unspecified atom stereocenters. The number of nitrogens with zero attached hydrogens (tertiary/aromatic N) is 2. The van der Waals surface area contributed by atoms with Crippen molar-refractivity contribution in [2.45, 2.75) is 18.1 Å². The van der Waals surface area contributed by atoms with Crippen molar-refractivity contribution in [1.82, 2.24) is 9.97 Å². The summed E-state index contributed by atoms with van der Waals surface area (Å²) >= 11 is 0. The standard InChI is InChI=1S/C22H23N3O6S/c1-14(13-26)30-17-9-15(19-4-5-20(25-19)22-23-7-8-29-22)10-18(11-17)31-16-3-6-21(24-12-16)32(2,27)28/h3-6,9-12,14,25-26H,7-8,13H2,1-2H3/t14-/m0/s1. The predicted molar refractivity (Wildman–Crippen MR) is 118 cm³/mol. The van der Waals surface area contributed by atoms with Gasteiger partial charge in [-0.05, 0) is 43.3 Å². The van der Waals surface area contributed by atoms with Crippen LogP contribution in [0.3, 0.4) is 0 Å². The molecule has 2 N–H and O–H groups in total. The molecule has 1 atom stereocenters. The van der Waals surface area contributed by atoms with Crippen molar-refractivity contribution in [3.05, 3.63) is 54.4 Å². The number of benzene rings is 1. The largest absolute Gasteiger partial charge is 0.488 e. The van der Waals surface area contributed by atoms with Crippen LogP contribution in [0.1, 0.15) is 12.6 Å². The third-order valence-electron chi connectivity index (χ3n) is 4.61. The summed E-state index contributed by atoms with van der Waals surface area (Å²) in [4.78, 5) is 11.5. The van der Waals surface area contributed by atoms with Crippen molar-refractivity contribution in [3.8, 4) is 28.5 Å². The van der Waals surface area contributed by atoms with E-state index >= 15 is 0 Å². The number of aliphatic hydroxyl groups excluding tert-OH is 1. The summed E-state index contributed by atoms with van der Waals surface area (Å²) in [5.41, 5.74) is 2.36. The highest BCUT2D eigenvalue weighted by Crippen LogP contribution is 2.33. The number of ether oxygens (including phenoxy) is 3. The third-order valence-corrected chi connectivity index (χ3v) is 5.61. The first-order chi connectivity index (χ1) is 15.3.